The zero-order chi connectivity index (χ0) is 16.2. The molecule has 4 saturated carbocycles. The zero-order valence-corrected chi connectivity index (χ0v) is 13.4. The molecule has 5 aliphatic rings. The topological polar surface area (TPSA) is 99.4 Å². The third-order valence-electron chi connectivity index (χ3n) is 6.57. The number of hydrogen-bond donors (Lipinski definition) is 4. The Balaban J connectivity index is 1.40. The SMILES string of the molecule is OC[C@H]1O[C@H](OCC23CC4CC(CC(C4)C2)C3)[C@H](O)[C@@H](O)[C@@H]1O. The Kier molecular flexibility index (Phi) is 4.19. The van der Waals surface area contributed by atoms with E-state index in [-0.39, 0.29) is 5.41 Å². The van der Waals surface area contributed by atoms with Crippen molar-refractivity contribution in [3.8, 4) is 0 Å². The molecule has 0 spiro atoms. The highest BCUT2D eigenvalue weighted by Crippen LogP contribution is 2.60. The zero-order valence-electron chi connectivity index (χ0n) is 13.4. The lowest BCUT2D eigenvalue weighted by Crippen LogP contribution is -2.60. The van der Waals surface area contributed by atoms with Crippen LogP contribution in [0, 0.1) is 23.2 Å². The summed E-state index contributed by atoms with van der Waals surface area (Å²) in [5.41, 5.74) is 0.188. The third kappa shape index (κ3) is 2.83. The summed E-state index contributed by atoms with van der Waals surface area (Å²) in [5, 5.41) is 39.0. The number of rotatable bonds is 4. The van der Waals surface area contributed by atoms with E-state index in [0.717, 1.165) is 17.8 Å². The van der Waals surface area contributed by atoms with Crippen molar-refractivity contribution in [2.45, 2.75) is 69.2 Å². The van der Waals surface area contributed by atoms with Crippen molar-refractivity contribution in [1.29, 1.82) is 0 Å². The van der Waals surface area contributed by atoms with Crippen molar-refractivity contribution in [1.82, 2.24) is 0 Å². The first-order valence-corrected chi connectivity index (χ1v) is 8.92. The highest BCUT2D eigenvalue weighted by Gasteiger charge is 2.52. The minimum Gasteiger partial charge on any atom is -0.394 e. The molecule has 23 heavy (non-hydrogen) atoms. The van der Waals surface area contributed by atoms with Crippen LogP contribution in [0.25, 0.3) is 0 Å². The fourth-order valence-electron chi connectivity index (χ4n) is 5.93. The Morgan fingerprint density at radius 2 is 1.43 bits per heavy atom. The van der Waals surface area contributed by atoms with Gasteiger partial charge in [-0.15, -0.1) is 0 Å². The summed E-state index contributed by atoms with van der Waals surface area (Å²) in [7, 11) is 0. The highest BCUT2D eigenvalue weighted by atomic mass is 16.7. The third-order valence-corrected chi connectivity index (χ3v) is 6.57. The van der Waals surface area contributed by atoms with Crippen LogP contribution in [0.15, 0.2) is 0 Å². The molecule has 1 heterocycles. The molecule has 1 saturated heterocycles. The number of aliphatic hydroxyl groups is 4. The van der Waals surface area contributed by atoms with E-state index in [1.165, 1.54) is 38.5 Å². The Morgan fingerprint density at radius 1 is 0.870 bits per heavy atom. The standard InChI is InChI=1S/C17H28O6/c18-7-12-13(19)14(20)15(21)16(23-12)22-8-17-4-9-1-10(5-17)3-11(2-9)6-17/h9-16,18-21H,1-8H2/t9?,10?,11?,12-,13-,14+,15-,16+,17?/m1/s1. The first-order valence-electron chi connectivity index (χ1n) is 8.92. The Morgan fingerprint density at radius 3 is 1.96 bits per heavy atom. The lowest BCUT2D eigenvalue weighted by atomic mass is 9.50. The van der Waals surface area contributed by atoms with Crippen LogP contribution >= 0.6 is 0 Å². The van der Waals surface area contributed by atoms with Crippen molar-refractivity contribution < 1.29 is 29.9 Å². The second-order valence-corrected chi connectivity index (χ2v) is 8.43. The predicted octanol–water partition coefficient (Wildman–Crippen LogP) is 0.0193. The maximum Gasteiger partial charge on any atom is 0.186 e. The van der Waals surface area contributed by atoms with E-state index in [4.69, 9.17) is 9.47 Å². The van der Waals surface area contributed by atoms with Gasteiger partial charge in [0, 0.05) is 0 Å². The average Bonchev–Trinajstić information content (AvgIpc) is 2.51. The van der Waals surface area contributed by atoms with Crippen molar-refractivity contribution in [2.75, 3.05) is 13.2 Å². The van der Waals surface area contributed by atoms with E-state index in [9.17, 15) is 20.4 Å². The lowest BCUT2D eigenvalue weighted by Gasteiger charge is -2.57. The quantitative estimate of drug-likeness (QED) is 0.581. The maximum atomic E-state index is 10.1. The molecule has 4 bridgehead atoms. The van der Waals surface area contributed by atoms with E-state index >= 15 is 0 Å². The van der Waals surface area contributed by atoms with Gasteiger partial charge in [0.05, 0.1) is 13.2 Å². The van der Waals surface area contributed by atoms with Gasteiger partial charge in [0.1, 0.15) is 24.4 Å². The second-order valence-electron chi connectivity index (χ2n) is 8.43. The summed E-state index contributed by atoms with van der Waals surface area (Å²) in [6.45, 7) is 0.112. The molecular weight excluding hydrogens is 300 g/mol. The van der Waals surface area contributed by atoms with Crippen molar-refractivity contribution in [2.24, 2.45) is 23.2 Å². The predicted molar refractivity (Wildman–Crippen MR) is 80.3 cm³/mol. The first-order chi connectivity index (χ1) is 11.0. The summed E-state index contributed by atoms with van der Waals surface area (Å²) < 4.78 is 11.3. The van der Waals surface area contributed by atoms with E-state index < -0.39 is 37.3 Å². The smallest absolute Gasteiger partial charge is 0.186 e. The number of aliphatic hydroxyl groups excluding tert-OH is 4. The average molecular weight is 328 g/mol. The molecule has 132 valence electrons. The Bertz CT molecular complexity index is 404. The van der Waals surface area contributed by atoms with Gasteiger partial charge in [0.25, 0.3) is 0 Å². The molecule has 5 fully saturated rings. The fraction of sp³-hybridized carbons (Fsp3) is 1.00. The molecule has 0 unspecified atom stereocenters. The van der Waals surface area contributed by atoms with Crippen LogP contribution in [0.5, 0.6) is 0 Å². The summed E-state index contributed by atoms with van der Waals surface area (Å²) >= 11 is 0. The first kappa shape index (κ1) is 16.2. The van der Waals surface area contributed by atoms with Crippen molar-refractivity contribution in [3.05, 3.63) is 0 Å². The van der Waals surface area contributed by atoms with Crippen LogP contribution in [-0.4, -0.2) is 64.3 Å². The summed E-state index contributed by atoms with van der Waals surface area (Å²) in [6, 6.07) is 0. The number of hydrogen-bond acceptors (Lipinski definition) is 6. The van der Waals surface area contributed by atoms with Gasteiger partial charge in [-0.25, -0.2) is 0 Å². The van der Waals surface area contributed by atoms with Crippen LogP contribution in [-0.2, 0) is 9.47 Å². The largest absolute Gasteiger partial charge is 0.394 e. The van der Waals surface area contributed by atoms with Gasteiger partial charge in [-0.1, -0.05) is 0 Å². The Labute approximate surface area is 136 Å². The van der Waals surface area contributed by atoms with Gasteiger partial charge in [0.2, 0.25) is 0 Å². The Hall–Kier alpha value is -0.240. The van der Waals surface area contributed by atoms with Gasteiger partial charge < -0.3 is 29.9 Å². The van der Waals surface area contributed by atoms with Crippen molar-refractivity contribution >= 4 is 0 Å². The minimum atomic E-state index is -1.36. The fourth-order valence-corrected chi connectivity index (χ4v) is 5.93. The molecule has 0 amide bonds. The summed E-state index contributed by atoms with van der Waals surface area (Å²) in [4.78, 5) is 0. The molecule has 4 aliphatic carbocycles. The van der Waals surface area contributed by atoms with Gasteiger partial charge in [0.15, 0.2) is 6.29 Å². The van der Waals surface area contributed by atoms with Crippen molar-refractivity contribution in [3.63, 3.8) is 0 Å². The lowest BCUT2D eigenvalue weighted by molar-refractivity contribution is -0.309. The van der Waals surface area contributed by atoms with E-state index in [2.05, 4.69) is 0 Å². The minimum absolute atomic E-state index is 0.188. The molecule has 0 radical (unpaired) electrons. The molecule has 5 rings (SSSR count). The van der Waals surface area contributed by atoms with E-state index in [1.807, 2.05) is 0 Å². The second kappa shape index (κ2) is 5.93. The molecule has 0 aromatic rings. The van der Waals surface area contributed by atoms with Crippen LogP contribution < -0.4 is 0 Å². The molecule has 4 N–H and O–H groups in total. The van der Waals surface area contributed by atoms with Gasteiger partial charge in [-0.05, 0) is 61.7 Å². The molecule has 0 aromatic carbocycles. The van der Waals surface area contributed by atoms with Crippen LogP contribution in [0.2, 0.25) is 0 Å². The molecule has 1 aliphatic heterocycles. The normalized spacial score (nSPS) is 55.3. The van der Waals surface area contributed by atoms with E-state index in [0.29, 0.717) is 6.61 Å². The van der Waals surface area contributed by atoms with Gasteiger partial charge in [-0.3, -0.25) is 0 Å². The molecule has 0 aromatic heterocycles. The highest BCUT2D eigenvalue weighted by molar-refractivity contribution is 5.01. The van der Waals surface area contributed by atoms with Gasteiger partial charge >= 0.3 is 0 Å². The maximum absolute atomic E-state index is 10.1. The molecular formula is C17H28O6. The molecule has 6 heteroatoms. The number of ether oxygens (including phenoxy) is 2. The van der Waals surface area contributed by atoms with Crippen LogP contribution in [0.3, 0.4) is 0 Å². The summed E-state index contributed by atoms with van der Waals surface area (Å²) in [5.74, 6) is 2.46. The van der Waals surface area contributed by atoms with Gasteiger partial charge in [-0.2, -0.15) is 0 Å². The molecule has 5 atom stereocenters. The van der Waals surface area contributed by atoms with E-state index in [1.54, 1.807) is 0 Å². The summed E-state index contributed by atoms with van der Waals surface area (Å²) in [6.07, 6.45) is 1.80. The molecule has 6 nitrogen and oxygen atoms in total. The monoisotopic (exact) mass is 328 g/mol. The van der Waals surface area contributed by atoms with Crippen LogP contribution in [0.1, 0.15) is 38.5 Å². The van der Waals surface area contributed by atoms with Crippen LogP contribution in [0.4, 0.5) is 0 Å².